The highest BCUT2D eigenvalue weighted by atomic mass is 16.6. The van der Waals surface area contributed by atoms with Crippen LogP contribution in [0.2, 0.25) is 0 Å². The largest absolute Gasteiger partial charge is 0.444 e. The van der Waals surface area contributed by atoms with Crippen molar-refractivity contribution in [2.45, 2.75) is 72.6 Å². The highest BCUT2D eigenvalue weighted by molar-refractivity contribution is 5.81. The lowest BCUT2D eigenvalue weighted by molar-refractivity contribution is -0.125. The lowest BCUT2D eigenvalue weighted by Gasteiger charge is -2.28. The van der Waals surface area contributed by atoms with E-state index in [0.717, 1.165) is 24.4 Å². The van der Waals surface area contributed by atoms with E-state index < -0.39 is 5.60 Å². The molecule has 1 aliphatic heterocycles. The van der Waals surface area contributed by atoms with Gasteiger partial charge in [0.1, 0.15) is 5.60 Å². The lowest BCUT2D eigenvalue weighted by atomic mass is 10.0. The van der Waals surface area contributed by atoms with Crippen molar-refractivity contribution in [3.05, 3.63) is 17.5 Å². The maximum Gasteiger partial charge on any atom is 0.410 e. The Morgan fingerprint density at radius 2 is 2.04 bits per heavy atom. The zero-order valence-electron chi connectivity index (χ0n) is 16.8. The molecule has 1 aromatic heterocycles. The fraction of sp³-hybridized carbons (Fsp3) is 0.737. The van der Waals surface area contributed by atoms with Gasteiger partial charge in [-0.25, -0.2) is 4.79 Å². The van der Waals surface area contributed by atoms with Crippen molar-refractivity contribution in [2.24, 2.45) is 5.92 Å². The molecule has 146 valence electrons. The van der Waals surface area contributed by atoms with E-state index in [0.29, 0.717) is 19.5 Å². The van der Waals surface area contributed by atoms with E-state index in [1.807, 2.05) is 52.3 Å². The third kappa shape index (κ3) is 5.22. The maximum absolute atomic E-state index is 12.5. The van der Waals surface area contributed by atoms with E-state index >= 15 is 0 Å². The van der Waals surface area contributed by atoms with Gasteiger partial charge < -0.3 is 15.0 Å². The lowest BCUT2D eigenvalue weighted by Crippen LogP contribution is -2.43. The fourth-order valence-corrected chi connectivity index (χ4v) is 3.34. The number of likely N-dealkylation sites (tertiary alicyclic amines) is 1. The number of rotatable bonds is 5. The Balaban J connectivity index is 1.77. The van der Waals surface area contributed by atoms with Crippen molar-refractivity contribution in [3.63, 3.8) is 0 Å². The number of nitrogens with one attached hydrogen (secondary N) is 1. The summed E-state index contributed by atoms with van der Waals surface area (Å²) < 4.78 is 7.39. The van der Waals surface area contributed by atoms with Crippen molar-refractivity contribution in [2.75, 3.05) is 13.1 Å². The van der Waals surface area contributed by atoms with E-state index in [1.54, 1.807) is 4.90 Å². The SMILES string of the molecule is Cc1cc(C)n(CCCNC(=O)[C@H]2CCN(C(=O)OC(C)(C)C)[C@@H]2C)n1. The summed E-state index contributed by atoms with van der Waals surface area (Å²) in [4.78, 5) is 26.4. The van der Waals surface area contributed by atoms with Gasteiger partial charge in [0.05, 0.1) is 11.6 Å². The molecule has 1 saturated heterocycles. The first-order chi connectivity index (χ1) is 12.1. The monoisotopic (exact) mass is 364 g/mol. The fourth-order valence-electron chi connectivity index (χ4n) is 3.34. The Kier molecular flexibility index (Phi) is 6.31. The van der Waals surface area contributed by atoms with Crippen molar-refractivity contribution in [1.82, 2.24) is 20.0 Å². The molecule has 1 aromatic rings. The Hall–Kier alpha value is -2.05. The van der Waals surface area contributed by atoms with Crippen LogP contribution in [-0.2, 0) is 16.1 Å². The predicted molar refractivity (Wildman–Crippen MR) is 99.8 cm³/mol. The smallest absolute Gasteiger partial charge is 0.410 e. The van der Waals surface area contributed by atoms with Gasteiger partial charge in [-0.3, -0.25) is 9.48 Å². The molecule has 0 aliphatic carbocycles. The normalized spacial score (nSPS) is 20.3. The molecule has 0 unspecified atom stereocenters. The minimum atomic E-state index is -0.528. The molecule has 2 amide bonds. The summed E-state index contributed by atoms with van der Waals surface area (Å²) in [5, 5.41) is 7.42. The molecule has 7 heteroatoms. The summed E-state index contributed by atoms with van der Waals surface area (Å²) >= 11 is 0. The van der Waals surface area contributed by atoms with Crippen LogP contribution in [0.1, 0.15) is 51.9 Å². The topological polar surface area (TPSA) is 76.5 Å². The van der Waals surface area contributed by atoms with Gasteiger partial charge in [0.2, 0.25) is 5.91 Å². The molecule has 26 heavy (non-hydrogen) atoms. The molecule has 0 spiro atoms. The molecule has 2 rings (SSSR count). The van der Waals surface area contributed by atoms with Crippen LogP contribution in [0.25, 0.3) is 0 Å². The predicted octanol–water partition coefficient (Wildman–Crippen LogP) is 2.65. The second kappa shape index (κ2) is 8.10. The van der Waals surface area contributed by atoms with E-state index in [2.05, 4.69) is 10.4 Å². The van der Waals surface area contributed by atoms with Crippen LogP contribution in [0.15, 0.2) is 6.07 Å². The van der Waals surface area contributed by atoms with Crippen molar-refractivity contribution < 1.29 is 14.3 Å². The van der Waals surface area contributed by atoms with Gasteiger partial charge in [-0.2, -0.15) is 5.10 Å². The van der Waals surface area contributed by atoms with Gasteiger partial charge in [0.15, 0.2) is 0 Å². The molecule has 7 nitrogen and oxygen atoms in total. The average molecular weight is 364 g/mol. The number of amides is 2. The number of hydrogen-bond acceptors (Lipinski definition) is 4. The molecule has 2 atom stereocenters. The van der Waals surface area contributed by atoms with E-state index in [9.17, 15) is 9.59 Å². The number of ether oxygens (including phenoxy) is 1. The first-order valence-electron chi connectivity index (χ1n) is 9.37. The van der Waals surface area contributed by atoms with Crippen molar-refractivity contribution in [1.29, 1.82) is 0 Å². The van der Waals surface area contributed by atoms with Crippen LogP contribution in [-0.4, -0.2) is 51.4 Å². The van der Waals surface area contributed by atoms with E-state index in [1.165, 1.54) is 0 Å². The second-order valence-corrected chi connectivity index (χ2v) is 8.10. The molecular formula is C19H32N4O3. The third-order valence-corrected chi connectivity index (χ3v) is 4.67. The zero-order valence-corrected chi connectivity index (χ0v) is 16.8. The second-order valence-electron chi connectivity index (χ2n) is 8.10. The minimum Gasteiger partial charge on any atom is -0.444 e. The Bertz CT molecular complexity index is 648. The number of carbonyl (C=O) groups excluding carboxylic acids is 2. The first-order valence-corrected chi connectivity index (χ1v) is 9.37. The minimum absolute atomic E-state index is 0.0110. The first kappa shape index (κ1) is 20.3. The van der Waals surface area contributed by atoms with Crippen LogP contribution in [0.4, 0.5) is 4.79 Å². The molecule has 0 aromatic carbocycles. The summed E-state index contributed by atoms with van der Waals surface area (Å²) in [6.07, 6.45) is 1.15. The Morgan fingerprint density at radius 1 is 1.35 bits per heavy atom. The molecule has 1 aliphatic rings. The van der Waals surface area contributed by atoms with E-state index in [-0.39, 0.29) is 24.0 Å². The summed E-state index contributed by atoms with van der Waals surface area (Å²) in [5.41, 5.74) is 1.61. The van der Waals surface area contributed by atoms with Gasteiger partial charge in [-0.1, -0.05) is 0 Å². The Labute approximate surface area is 156 Å². The van der Waals surface area contributed by atoms with Crippen LogP contribution in [0.5, 0.6) is 0 Å². The summed E-state index contributed by atoms with van der Waals surface area (Å²) in [6.45, 7) is 13.4. The molecule has 1 fully saturated rings. The van der Waals surface area contributed by atoms with Gasteiger partial charge in [0.25, 0.3) is 0 Å². The summed E-state index contributed by atoms with van der Waals surface area (Å²) in [6, 6.07) is 1.89. The van der Waals surface area contributed by atoms with Gasteiger partial charge >= 0.3 is 6.09 Å². The Morgan fingerprint density at radius 3 is 2.62 bits per heavy atom. The third-order valence-electron chi connectivity index (χ3n) is 4.67. The van der Waals surface area contributed by atoms with Gasteiger partial charge in [0, 0.05) is 31.4 Å². The number of carbonyl (C=O) groups is 2. The summed E-state index contributed by atoms with van der Waals surface area (Å²) in [7, 11) is 0. The summed E-state index contributed by atoms with van der Waals surface area (Å²) in [5.74, 6) is -0.173. The van der Waals surface area contributed by atoms with Crippen molar-refractivity contribution in [3.8, 4) is 0 Å². The van der Waals surface area contributed by atoms with Gasteiger partial charge in [-0.15, -0.1) is 0 Å². The van der Waals surface area contributed by atoms with Crippen LogP contribution < -0.4 is 5.32 Å². The quantitative estimate of drug-likeness (QED) is 0.815. The number of aromatic nitrogens is 2. The van der Waals surface area contributed by atoms with Crippen LogP contribution >= 0.6 is 0 Å². The van der Waals surface area contributed by atoms with Crippen LogP contribution in [0.3, 0.4) is 0 Å². The number of aryl methyl sites for hydroxylation is 3. The highest BCUT2D eigenvalue weighted by Gasteiger charge is 2.39. The standard InChI is InChI=1S/C19H32N4O3/c1-13-12-14(2)23(21-13)10-7-9-20-17(24)16-8-11-22(15(16)3)18(25)26-19(4,5)6/h12,15-16H,7-11H2,1-6H3,(H,20,24)/t15-,16+/m1/s1. The van der Waals surface area contributed by atoms with Crippen molar-refractivity contribution >= 4 is 12.0 Å². The van der Waals surface area contributed by atoms with E-state index in [4.69, 9.17) is 4.74 Å². The number of hydrogen-bond donors (Lipinski definition) is 1. The molecule has 0 radical (unpaired) electrons. The average Bonchev–Trinajstić information content (AvgIpc) is 3.04. The molecular weight excluding hydrogens is 332 g/mol. The van der Waals surface area contributed by atoms with Crippen LogP contribution in [0, 0.1) is 19.8 Å². The molecule has 2 heterocycles. The highest BCUT2D eigenvalue weighted by Crippen LogP contribution is 2.26. The molecule has 0 bridgehead atoms. The maximum atomic E-state index is 12.5. The zero-order chi connectivity index (χ0) is 19.5. The molecule has 1 N–H and O–H groups in total. The van der Waals surface area contributed by atoms with Gasteiger partial charge in [-0.05, 0) is 60.5 Å². The number of nitrogens with zero attached hydrogens (tertiary/aromatic N) is 3. The molecule has 0 saturated carbocycles.